The van der Waals surface area contributed by atoms with Crippen LogP contribution in [-0.4, -0.2) is 48.1 Å². The van der Waals surface area contributed by atoms with Crippen molar-refractivity contribution in [1.29, 1.82) is 0 Å². The van der Waals surface area contributed by atoms with Gasteiger partial charge in [-0.15, -0.1) is 0 Å². The molecule has 0 aliphatic carbocycles. The lowest BCUT2D eigenvalue weighted by Crippen LogP contribution is -2.32. The van der Waals surface area contributed by atoms with Gasteiger partial charge >= 0.3 is 6.03 Å². The summed E-state index contributed by atoms with van der Waals surface area (Å²) in [6, 6.07) is 6.97. The molecule has 6 nitrogen and oxygen atoms in total. The Morgan fingerprint density at radius 3 is 2.96 bits per heavy atom. The van der Waals surface area contributed by atoms with Gasteiger partial charge in [-0.2, -0.15) is 0 Å². The first kappa shape index (κ1) is 17.7. The molecule has 128 valence electrons. The van der Waals surface area contributed by atoms with Crippen molar-refractivity contribution in [1.82, 2.24) is 5.32 Å². The highest BCUT2D eigenvalue weighted by molar-refractivity contribution is 7.84. The van der Waals surface area contributed by atoms with Crippen LogP contribution < -0.4 is 15.4 Å². The minimum atomic E-state index is -0.920. The summed E-state index contributed by atoms with van der Waals surface area (Å²) in [5.74, 6) is 1.06. The third kappa shape index (κ3) is 6.58. The molecule has 1 aliphatic heterocycles. The Hall–Kier alpha value is -1.60. The molecule has 2 atom stereocenters. The van der Waals surface area contributed by atoms with Crippen LogP contribution in [0.3, 0.4) is 0 Å². The number of nitrogens with one attached hydrogen (secondary N) is 2. The van der Waals surface area contributed by atoms with Gasteiger partial charge in [-0.3, -0.25) is 4.21 Å². The second kappa shape index (κ2) is 9.52. The van der Waals surface area contributed by atoms with Crippen LogP contribution in [0.25, 0.3) is 0 Å². The van der Waals surface area contributed by atoms with Gasteiger partial charge in [0.05, 0.1) is 11.8 Å². The molecule has 0 radical (unpaired) electrons. The molecular weight excluding hydrogens is 316 g/mol. The second-order valence-corrected chi connectivity index (χ2v) is 7.01. The van der Waals surface area contributed by atoms with E-state index in [4.69, 9.17) is 9.47 Å². The number of benzene rings is 1. The third-order valence-electron chi connectivity index (χ3n) is 3.51. The van der Waals surface area contributed by atoms with E-state index in [9.17, 15) is 9.00 Å². The van der Waals surface area contributed by atoms with Crippen molar-refractivity contribution in [3.05, 3.63) is 24.3 Å². The van der Waals surface area contributed by atoms with E-state index < -0.39 is 10.8 Å². The van der Waals surface area contributed by atoms with Gasteiger partial charge in [0.1, 0.15) is 12.4 Å². The van der Waals surface area contributed by atoms with Gasteiger partial charge in [0.25, 0.3) is 0 Å². The van der Waals surface area contributed by atoms with E-state index in [1.807, 2.05) is 18.2 Å². The van der Waals surface area contributed by atoms with E-state index in [2.05, 4.69) is 10.6 Å². The maximum atomic E-state index is 11.9. The van der Waals surface area contributed by atoms with Crippen LogP contribution >= 0.6 is 0 Å². The Labute approximate surface area is 139 Å². The topological polar surface area (TPSA) is 76.7 Å². The maximum absolute atomic E-state index is 11.9. The summed E-state index contributed by atoms with van der Waals surface area (Å²) in [6.07, 6.45) is 5.00. The first-order valence-corrected chi connectivity index (χ1v) is 9.56. The lowest BCUT2D eigenvalue weighted by atomic mass is 10.1. The van der Waals surface area contributed by atoms with Gasteiger partial charge < -0.3 is 20.1 Å². The second-order valence-electron chi connectivity index (χ2n) is 5.45. The van der Waals surface area contributed by atoms with Crippen LogP contribution in [0.5, 0.6) is 5.75 Å². The summed E-state index contributed by atoms with van der Waals surface area (Å²) in [6.45, 7) is 1.64. The molecule has 1 aromatic carbocycles. The molecule has 7 heteroatoms. The Morgan fingerprint density at radius 1 is 1.39 bits per heavy atom. The fraction of sp³-hybridized carbons (Fsp3) is 0.562. The van der Waals surface area contributed by atoms with Crippen LogP contribution in [0.4, 0.5) is 10.5 Å². The van der Waals surface area contributed by atoms with E-state index in [0.29, 0.717) is 30.3 Å². The molecule has 1 saturated heterocycles. The van der Waals surface area contributed by atoms with Crippen molar-refractivity contribution in [2.24, 2.45) is 0 Å². The zero-order valence-electron chi connectivity index (χ0n) is 13.4. The zero-order chi connectivity index (χ0) is 16.5. The molecule has 0 bridgehead atoms. The lowest BCUT2D eigenvalue weighted by Gasteiger charge is -2.23. The van der Waals surface area contributed by atoms with Crippen molar-refractivity contribution in [3.63, 3.8) is 0 Å². The van der Waals surface area contributed by atoms with Gasteiger partial charge in [0, 0.05) is 36.0 Å². The highest BCUT2D eigenvalue weighted by Crippen LogP contribution is 2.24. The number of carbonyl (C=O) groups is 1. The summed E-state index contributed by atoms with van der Waals surface area (Å²) in [5.41, 5.74) is 0.610. The van der Waals surface area contributed by atoms with Crippen molar-refractivity contribution in [2.45, 2.75) is 25.4 Å². The Balaban J connectivity index is 1.83. The standard InChI is InChI=1S/C16H24N2O4S/c1-23(20)11-9-17-16(19)18-14-7-2-3-8-15(14)22-12-13-6-4-5-10-21-13/h2-3,7-8,13H,4-6,9-12H2,1H3,(H2,17,18,19)/t13-,23-/m1/s1. The van der Waals surface area contributed by atoms with Crippen molar-refractivity contribution >= 4 is 22.5 Å². The van der Waals surface area contributed by atoms with Gasteiger partial charge in [0.15, 0.2) is 0 Å². The van der Waals surface area contributed by atoms with Crippen molar-refractivity contribution in [2.75, 3.05) is 37.1 Å². The van der Waals surface area contributed by atoms with Gasteiger partial charge in [-0.1, -0.05) is 12.1 Å². The molecule has 0 unspecified atom stereocenters. The van der Waals surface area contributed by atoms with Crippen LogP contribution in [-0.2, 0) is 15.5 Å². The van der Waals surface area contributed by atoms with E-state index in [-0.39, 0.29) is 12.1 Å². The van der Waals surface area contributed by atoms with E-state index in [1.165, 1.54) is 0 Å². The fourth-order valence-corrected chi connectivity index (χ4v) is 2.68. The highest BCUT2D eigenvalue weighted by atomic mass is 32.2. The molecule has 1 heterocycles. The summed E-state index contributed by atoms with van der Waals surface area (Å²) in [4.78, 5) is 11.9. The Bertz CT molecular complexity index is 533. The Kier molecular flexibility index (Phi) is 7.35. The summed E-state index contributed by atoms with van der Waals surface area (Å²) in [7, 11) is -0.920. The minimum Gasteiger partial charge on any atom is -0.489 e. The SMILES string of the molecule is C[S@@](=O)CCNC(=O)Nc1ccccc1OC[C@H]1CCCCO1. The number of hydrogen-bond donors (Lipinski definition) is 2. The number of para-hydroxylation sites is 2. The Morgan fingerprint density at radius 2 is 2.22 bits per heavy atom. The smallest absolute Gasteiger partial charge is 0.319 e. The van der Waals surface area contributed by atoms with E-state index >= 15 is 0 Å². The average molecular weight is 340 g/mol. The number of amides is 2. The van der Waals surface area contributed by atoms with Crippen molar-refractivity contribution in [3.8, 4) is 5.75 Å². The first-order chi connectivity index (χ1) is 11.1. The fourth-order valence-electron chi connectivity index (χ4n) is 2.29. The summed E-state index contributed by atoms with van der Waals surface area (Å²) >= 11 is 0. The number of carbonyl (C=O) groups excluding carboxylic acids is 1. The molecule has 0 spiro atoms. The largest absolute Gasteiger partial charge is 0.489 e. The summed E-state index contributed by atoms with van der Waals surface area (Å²) < 4.78 is 22.4. The number of urea groups is 1. The molecule has 2 amide bonds. The van der Waals surface area contributed by atoms with Gasteiger partial charge in [-0.25, -0.2) is 4.79 Å². The molecule has 1 fully saturated rings. The third-order valence-corrected chi connectivity index (χ3v) is 4.29. The maximum Gasteiger partial charge on any atom is 0.319 e. The number of ether oxygens (including phenoxy) is 2. The predicted octanol–water partition coefficient (Wildman–Crippen LogP) is 2.13. The average Bonchev–Trinajstić information content (AvgIpc) is 2.54. The molecule has 2 rings (SSSR count). The zero-order valence-corrected chi connectivity index (χ0v) is 14.2. The van der Waals surface area contributed by atoms with Crippen LogP contribution in [0.15, 0.2) is 24.3 Å². The normalized spacial score (nSPS) is 18.9. The number of hydrogen-bond acceptors (Lipinski definition) is 4. The molecule has 0 aromatic heterocycles. The predicted molar refractivity (Wildman–Crippen MR) is 91.5 cm³/mol. The molecule has 1 aromatic rings. The monoisotopic (exact) mass is 340 g/mol. The summed E-state index contributed by atoms with van der Waals surface area (Å²) in [5, 5.41) is 5.43. The van der Waals surface area contributed by atoms with Gasteiger partial charge in [0.2, 0.25) is 0 Å². The van der Waals surface area contributed by atoms with E-state index in [0.717, 1.165) is 25.9 Å². The van der Waals surface area contributed by atoms with E-state index in [1.54, 1.807) is 12.3 Å². The molecule has 0 saturated carbocycles. The molecule has 23 heavy (non-hydrogen) atoms. The molecular formula is C16H24N2O4S. The van der Waals surface area contributed by atoms with Gasteiger partial charge in [-0.05, 0) is 31.4 Å². The quantitative estimate of drug-likeness (QED) is 0.797. The minimum absolute atomic E-state index is 0.116. The van der Waals surface area contributed by atoms with Crippen LogP contribution in [0.1, 0.15) is 19.3 Å². The first-order valence-electron chi connectivity index (χ1n) is 7.83. The highest BCUT2D eigenvalue weighted by Gasteiger charge is 2.15. The lowest BCUT2D eigenvalue weighted by molar-refractivity contribution is -0.0109. The molecule has 2 N–H and O–H groups in total. The number of anilines is 1. The van der Waals surface area contributed by atoms with Crippen LogP contribution in [0, 0.1) is 0 Å². The van der Waals surface area contributed by atoms with Crippen LogP contribution in [0.2, 0.25) is 0 Å². The van der Waals surface area contributed by atoms with Crippen molar-refractivity contribution < 1.29 is 18.5 Å². The number of rotatable bonds is 7. The molecule has 1 aliphatic rings.